The first kappa shape index (κ1) is 18.2. The minimum absolute atomic E-state index is 0.804. The largest absolute Gasteiger partial charge is 0.356 e. The molecule has 6 nitrogen and oxygen atoms in total. The summed E-state index contributed by atoms with van der Waals surface area (Å²) in [7, 11) is 2.15. The van der Waals surface area contributed by atoms with Crippen molar-refractivity contribution >= 4 is 28.8 Å². The van der Waals surface area contributed by atoms with Gasteiger partial charge in [-0.25, -0.2) is 9.98 Å². The molecular weight excluding hydrogens is 324 g/mol. The van der Waals surface area contributed by atoms with Crippen LogP contribution >= 0.6 is 0 Å². The summed E-state index contributed by atoms with van der Waals surface area (Å²) in [6, 6.07) is 6.23. The highest BCUT2D eigenvalue weighted by Gasteiger charge is 2.14. The average molecular weight is 352 g/mol. The molecule has 2 N–H and O–H groups in total. The van der Waals surface area contributed by atoms with E-state index >= 15 is 0 Å². The molecule has 2 aromatic rings. The molecule has 2 heterocycles. The third kappa shape index (κ3) is 4.14. The molecule has 0 aliphatic carbocycles. The van der Waals surface area contributed by atoms with Gasteiger partial charge in [0, 0.05) is 38.9 Å². The highest BCUT2D eigenvalue weighted by Crippen LogP contribution is 2.21. The number of nitrogens with one attached hydrogen (secondary N) is 2. The number of piperazine rings is 1. The summed E-state index contributed by atoms with van der Waals surface area (Å²) < 4.78 is 0. The highest BCUT2D eigenvalue weighted by molar-refractivity contribution is 6.10. The molecule has 1 saturated heterocycles. The molecule has 0 spiro atoms. The second kappa shape index (κ2) is 8.19. The van der Waals surface area contributed by atoms with Crippen LogP contribution in [0.2, 0.25) is 0 Å². The fourth-order valence-corrected chi connectivity index (χ4v) is 3.05. The zero-order valence-electron chi connectivity index (χ0n) is 15.9. The van der Waals surface area contributed by atoms with Crippen molar-refractivity contribution in [3.63, 3.8) is 0 Å². The predicted molar refractivity (Wildman–Crippen MR) is 111 cm³/mol. The van der Waals surface area contributed by atoms with Crippen LogP contribution in [-0.2, 0) is 0 Å². The number of hydrogen-bond acceptors (Lipinski definition) is 5. The van der Waals surface area contributed by atoms with Crippen LogP contribution in [0.15, 0.2) is 41.7 Å². The maximum absolute atomic E-state index is 4.62. The standard InChI is InChI=1S/C20H28N6/c1-5-16(14-22-15(3)26-11-9-25(4)10-12-26)17-7-8-18-19(13-17)24-20(23-18)21-6-2/h5,7-8,13-14H,3,6,9-12H2,1-2,4H3,(H2,21,23,24)/b16-5+,22-14-. The van der Waals surface area contributed by atoms with Crippen LogP contribution in [-0.4, -0.2) is 65.8 Å². The van der Waals surface area contributed by atoms with Gasteiger partial charge >= 0.3 is 0 Å². The lowest BCUT2D eigenvalue weighted by Gasteiger charge is -2.33. The molecule has 0 radical (unpaired) electrons. The van der Waals surface area contributed by atoms with Gasteiger partial charge in [-0.1, -0.05) is 18.7 Å². The van der Waals surface area contributed by atoms with Crippen LogP contribution < -0.4 is 5.32 Å². The Morgan fingerprint density at radius 3 is 2.81 bits per heavy atom. The van der Waals surface area contributed by atoms with Crippen molar-refractivity contribution in [2.24, 2.45) is 4.99 Å². The van der Waals surface area contributed by atoms with E-state index < -0.39 is 0 Å². The number of rotatable bonds is 6. The number of fused-ring (bicyclic) bond motifs is 1. The van der Waals surface area contributed by atoms with E-state index in [0.717, 1.165) is 66.7 Å². The number of anilines is 1. The number of imidazole rings is 1. The summed E-state index contributed by atoms with van der Waals surface area (Å²) in [4.78, 5) is 17.0. The molecule has 1 aromatic heterocycles. The van der Waals surface area contributed by atoms with E-state index in [1.807, 2.05) is 19.2 Å². The minimum atomic E-state index is 0.804. The third-order valence-electron chi connectivity index (χ3n) is 4.69. The lowest BCUT2D eigenvalue weighted by molar-refractivity contribution is 0.186. The van der Waals surface area contributed by atoms with Gasteiger partial charge < -0.3 is 20.1 Å². The summed E-state index contributed by atoms with van der Waals surface area (Å²) in [5.74, 6) is 1.63. The summed E-state index contributed by atoms with van der Waals surface area (Å²) in [6.45, 7) is 13.1. The van der Waals surface area contributed by atoms with Gasteiger partial charge in [-0.2, -0.15) is 0 Å². The van der Waals surface area contributed by atoms with Crippen molar-refractivity contribution in [1.29, 1.82) is 0 Å². The number of hydrogen-bond donors (Lipinski definition) is 2. The van der Waals surface area contributed by atoms with E-state index in [-0.39, 0.29) is 0 Å². The smallest absolute Gasteiger partial charge is 0.201 e. The maximum atomic E-state index is 4.62. The van der Waals surface area contributed by atoms with Crippen molar-refractivity contribution in [3.05, 3.63) is 42.2 Å². The number of aromatic amines is 1. The zero-order valence-corrected chi connectivity index (χ0v) is 15.9. The van der Waals surface area contributed by atoms with E-state index in [2.05, 4.69) is 68.8 Å². The molecule has 138 valence electrons. The second-order valence-electron chi connectivity index (χ2n) is 6.56. The number of benzene rings is 1. The summed E-state index contributed by atoms with van der Waals surface area (Å²) in [5, 5.41) is 3.21. The van der Waals surface area contributed by atoms with Crippen LogP contribution in [0.25, 0.3) is 16.6 Å². The molecule has 0 bridgehead atoms. The molecule has 0 atom stereocenters. The maximum Gasteiger partial charge on any atom is 0.201 e. The average Bonchev–Trinajstić information content (AvgIpc) is 3.04. The monoisotopic (exact) mass is 352 g/mol. The van der Waals surface area contributed by atoms with E-state index in [0.29, 0.717) is 0 Å². The first-order chi connectivity index (χ1) is 12.6. The first-order valence-electron chi connectivity index (χ1n) is 9.17. The van der Waals surface area contributed by atoms with Gasteiger partial charge in [0.1, 0.15) is 5.82 Å². The summed E-state index contributed by atoms with van der Waals surface area (Å²) >= 11 is 0. The van der Waals surface area contributed by atoms with Crippen LogP contribution in [0.4, 0.5) is 5.95 Å². The number of allylic oxidation sites excluding steroid dienone is 2. The Balaban J connectivity index is 1.74. The van der Waals surface area contributed by atoms with Crippen LogP contribution in [0, 0.1) is 0 Å². The van der Waals surface area contributed by atoms with Gasteiger partial charge in [-0.3, -0.25) is 0 Å². The van der Waals surface area contributed by atoms with Crippen molar-refractivity contribution in [1.82, 2.24) is 19.8 Å². The van der Waals surface area contributed by atoms with E-state index in [1.54, 1.807) is 0 Å². The SMILES string of the molecule is C=C(/N=C\C(=C/C)c1ccc2nc(NCC)[nH]c2c1)N1CCN(C)CC1. The van der Waals surface area contributed by atoms with Crippen LogP contribution in [0.3, 0.4) is 0 Å². The highest BCUT2D eigenvalue weighted by atomic mass is 15.3. The molecule has 1 aliphatic heterocycles. The molecule has 0 amide bonds. The van der Waals surface area contributed by atoms with Gasteiger partial charge in [-0.05, 0) is 44.2 Å². The summed E-state index contributed by atoms with van der Waals surface area (Å²) in [5.41, 5.74) is 4.16. The molecule has 0 saturated carbocycles. The molecule has 26 heavy (non-hydrogen) atoms. The fourth-order valence-electron chi connectivity index (χ4n) is 3.05. The predicted octanol–water partition coefficient (Wildman–Crippen LogP) is 3.19. The van der Waals surface area contributed by atoms with Crippen molar-refractivity contribution in [3.8, 4) is 0 Å². The van der Waals surface area contributed by atoms with Gasteiger partial charge in [-0.15, -0.1) is 0 Å². The minimum Gasteiger partial charge on any atom is -0.356 e. The first-order valence-corrected chi connectivity index (χ1v) is 9.17. The van der Waals surface area contributed by atoms with E-state index in [4.69, 9.17) is 0 Å². The van der Waals surface area contributed by atoms with E-state index in [9.17, 15) is 0 Å². The lowest BCUT2D eigenvalue weighted by Crippen LogP contribution is -2.43. The Hall–Kier alpha value is -2.60. The van der Waals surface area contributed by atoms with Gasteiger partial charge in [0.05, 0.1) is 11.0 Å². The van der Waals surface area contributed by atoms with Gasteiger partial charge in [0.25, 0.3) is 0 Å². The number of H-pyrrole nitrogens is 1. The topological polar surface area (TPSA) is 59.6 Å². The number of aliphatic imine (C=N–C) groups is 1. The van der Waals surface area contributed by atoms with Crippen LogP contribution in [0.5, 0.6) is 0 Å². The molecular formula is C20H28N6. The Morgan fingerprint density at radius 1 is 1.35 bits per heavy atom. The Labute approximate surface area is 155 Å². The molecule has 0 unspecified atom stereocenters. The van der Waals surface area contributed by atoms with Crippen molar-refractivity contribution in [2.45, 2.75) is 13.8 Å². The molecule has 3 rings (SSSR count). The zero-order chi connectivity index (χ0) is 18.5. The molecule has 1 fully saturated rings. The summed E-state index contributed by atoms with van der Waals surface area (Å²) in [6.07, 6.45) is 3.98. The Bertz CT molecular complexity index is 824. The Kier molecular flexibility index (Phi) is 5.73. The molecule has 1 aliphatic rings. The number of likely N-dealkylation sites (N-methyl/N-ethyl adjacent to an activating group) is 1. The van der Waals surface area contributed by atoms with E-state index in [1.165, 1.54) is 0 Å². The Morgan fingerprint density at radius 2 is 2.12 bits per heavy atom. The van der Waals surface area contributed by atoms with Crippen LogP contribution in [0.1, 0.15) is 19.4 Å². The third-order valence-corrected chi connectivity index (χ3v) is 4.69. The quantitative estimate of drug-likeness (QED) is 0.784. The molecule has 6 heteroatoms. The lowest BCUT2D eigenvalue weighted by atomic mass is 10.1. The fraction of sp³-hybridized carbons (Fsp3) is 0.400. The molecule has 1 aromatic carbocycles. The number of nitrogens with zero attached hydrogens (tertiary/aromatic N) is 4. The van der Waals surface area contributed by atoms with Crippen molar-refractivity contribution < 1.29 is 0 Å². The normalized spacial score (nSPS) is 16.6. The van der Waals surface area contributed by atoms with Gasteiger partial charge in [0.2, 0.25) is 5.95 Å². The van der Waals surface area contributed by atoms with Crippen molar-refractivity contribution in [2.75, 3.05) is 45.1 Å². The van der Waals surface area contributed by atoms with Gasteiger partial charge in [0.15, 0.2) is 0 Å². The second-order valence-corrected chi connectivity index (χ2v) is 6.56. The number of aromatic nitrogens is 2.